The van der Waals surface area contributed by atoms with E-state index >= 15 is 0 Å². The van der Waals surface area contributed by atoms with Crippen LogP contribution in [0, 0.1) is 0 Å². The maximum atomic E-state index is 10.0. The summed E-state index contributed by atoms with van der Waals surface area (Å²) in [6.45, 7) is 0. The SMILES string of the molecule is NC(=O)N[C@H](N)CC(=O)O. The highest BCUT2D eigenvalue weighted by Gasteiger charge is 2.07. The van der Waals surface area contributed by atoms with Crippen molar-refractivity contribution in [3.63, 3.8) is 0 Å². The number of hydrogen-bond donors (Lipinski definition) is 4. The van der Waals surface area contributed by atoms with Crippen molar-refractivity contribution in [2.24, 2.45) is 11.5 Å². The molecule has 0 radical (unpaired) electrons. The lowest BCUT2D eigenvalue weighted by molar-refractivity contribution is -0.137. The molecule has 6 heteroatoms. The second-order valence-electron chi connectivity index (χ2n) is 1.71. The summed E-state index contributed by atoms with van der Waals surface area (Å²) in [5.74, 6) is -1.08. The van der Waals surface area contributed by atoms with E-state index in [1.54, 1.807) is 0 Å². The van der Waals surface area contributed by atoms with Gasteiger partial charge >= 0.3 is 12.0 Å². The summed E-state index contributed by atoms with van der Waals surface area (Å²) in [5.41, 5.74) is 9.73. The van der Waals surface area contributed by atoms with E-state index in [0.717, 1.165) is 0 Å². The maximum Gasteiger partial charge on any atom is 0.313 e. The summed E-state index contributed by atoms with van der Waals surface area (Å²) >= 11 is 0. The number of aliphatic carboxylic acids is 1. The van der Waals surface area contributed by atoms with Crippen LogP contribution in [0.3, 0.4) is 0 Å². The molecule has 0 aromatic heterocycles. The Morgan fingerprint density at radius 3 is 2.40 bits per heavy atom. The van der Waals surface area contributed by atoms with Crippen molar-refractivity contribution in [2.45, 2.75) is 12.6 Å². The van der Waals surface area contributed by atoms with Gasteiger partial charge in [0.15, 0.2) is 0 Å². The third-order valence-corrected chi connectivity index (χ3v) is 0.722. The molecule has 2 amide bonds. The minimum Gasteiger partial charge on any atom is -0.481 e. The van der Waals surface area contributed by atoms with Crippen molar-refractivity contribution >= 4 is 12.0 Å². The summed E-state index contributed by atoms with van der Waals surface area (Å²) in [5, 5.41) is 10.1. The Morgan fingerprint density at radius 2 is 2.10 bits per heavy atom. The van der Waals surface area contributed by atoms with Gasteiger partial charge in [0.2, 0.25) is 0 Å². The first kappa shape index (κ1) is 8.70. The number of urea groups is 1. The van der Waals surface area contributed by atoms with Gasteiger partial charge in [0.1, 0.15) is 0 Å². The van der Waals surface area contributed by atoms with E-state index in [1.807, 2.05) is 5.32 Å². The monoisotopic (exact) mass is 147 g/mol. The topological polar surface area (TPSA) is 118 Å². The molecular formula is C4H9N3O3. The number of carboxylic acids is 1. The smallest absolute Gasteiger partial charge is 0.313 e. The van der Waals surface area contributed by atoms with Gasteiger partial charge < -0.3 is 21.9 Å². The van der Waals surface area contributed by atoms with Crippen LogP contribution >= 0.6 is 0 Å². The molecule has 0 spiro atoms. The summed E-state index contributed by atoms with van der Waals surface area (Å²) in [6.07, 6.45) is -1.24. The van der Waals surface area contributed by atoms with Gasteiger partial charge in [0.05, 0.1) is 12.6 Å². The second kappa shape index (κ2) is 3.67. The van der Waals surface area contributed by atoms with Crippen molar-refractivity contribution in [3.05, 3.63) is 0 Å². The van der Waals surface area contributed by atoms with Crippen molar-refractivity contribution in [1.29, 1.82) is 0 Å². The molecule has 0 rings (SSSR count). The number of hydrogen-bond acceptors (Lipinski definition) is 3. The summed E-state index contributed by atoms with van der Waals surface area (Å²) in [7, 11) is 0. The third kappa shape index (κ3) is 4.85. The molecule has 0 aromatic rings. The Morgan fingerprint density at radius 1 is 1.60 bits per heavy atom. The van der Waals surface area contributed by atoms with Crippen LogP contribution in [0.15, 0.2) is 0 Å². The molecule has 0 bridgehead atoms. The molecule has 58 valence electrons. The number of rotatable bonds is 3. The number of nitrogens with two attached hydrogens (primary N) is 2. The van der Waals surface area contributed by atoms with Gasteiger partial charge in [-0.25, -0.2) is 4.79 Å². The summed E-state index contributed by atoms with van der Waals surface area (Å²) < 4.78 is 0. The molecule has 0 unspecified atom stereocenters. The lowest BCUT2D eigenvalue weighted by atomic mass is 10.3. The summed E-state index contributed by atoms with van der Waals surface area (Å²) in [6, 6.07) is -0.825. The first-order valence-corrected chi connectivity index (χ1v) is 2.55. The highest BCUT2D eigenvalue weighted by molar-refractivity contribution is 5.73. The van der Waals surface area contributed by atoms with Crippen LogP contribution in [-0.2, 0) is 4.79 Å². The Bertz CT molecular complexity index is 131. The Balaban J connectivity index is 3.53. The molecule has 0 fully saturated rings. The molecule has 0 heterocycles. The average molecular weight is 147 g/mol. The van der Waals surface area contributed by atoms with Crippen LogP contribution in [0.25, 0.3) is 0 Å². The van der Waals surface area contributed by atoms with E-state index in [1.165, 1.54) is 0 Å². The molecule has 6 N–H and O–H groups in total. The largest absolute Gasteiger partial charge is 0.481 e. The predicted molar refractivity (Wildman–Crippen MR) is 32.9 cm³/mol. The zero-order chi connectivity index (χ0) is 8.15. The zero-order valence-corrected chi connectivity index (χ0v) is 5.20. The predicted octanol–water partition coefficient (Wildman–Crippen LogP) is -1.59. The fourth-order valence-electron chi connectivity index (χ4n) is 0.422. The highest BCUT2D eigenvalue weighted by atomic mass is 16.4. The third-order valence-electron chi connectivity index (χ3n) is 0.722. The Labute approximate surface area is 57.2 Å². The molecule has 0 aliphatic carbocycles. The van der Waals surface area contributed by atoms with Crippen LogP contribution in [-0.4, -0.2) is 23.3 Å². The number of primary amides is 1. The van der Waals surface area contributed by atoms with E-state index in [9.17, 15) is 9.59 Å². The van der Waals surface area contributed by atoms with Crippen molar-refractivity contribution in [3.8, 4) is 0 Å². The van der Waals surface area contributed by atoms with E-state index in [0.29, 0.717) is 0 Å². The van der Waals surface area contributed by atoms with Crippen LogP contribution in [0.5, 0.6) is 0 Å². The standard InChI is InChI=1S/C4H9N3O3/c5-2(1-3(8)9)7-4(6)10/h2H,1,5H2,(H,8,9)(H3,6,7,10)/t2-/m0/s1. The number of nitrogens with one attached hydrogen (secondary N) is 1. The fourth-order valence-corrected chi connectivity index (χ4v) is 0.422. The van der Waals surface area contributed by atoms with Crippen LogP contribution in [0.1, 0.15) is 6.42 Å². The van der Waals surface area contributed by atoms with Gasteiger partial charge in [-0.05, 0) is 0 Å². The molecule has 0 aliphatic rings. The highest BCUT2D eigenvalue weighted by Crippen LogP contribution is 1.81. The van der Waals surface area contributed by atoms with Gasteiger partial charge in [-0.15, -0.1) is 0 Å². The molecule has 0 saturated heterocycles. The molecular weight excluding hydrogens is 138 g/mol. The maximum absolute atomic E-state index is 10.0. The first-order valence-electron chi connectivity index (χ1n) is 2.55. The zero-order valence-electron chi connectivity index (χ0n) is 5.20. The van der Waals surface area contributed by atoms with Gasteiger partial charge in [-0.3, -0.25) is 4.79 Å². The summed E-state index contributed by atoms with van der Waals surface area (Å²) in [4.78, 5) is 19.9. The normalized spacial score (nSPS) is 12.1. The number of carbonyl (C=O) groups excluding carboxylic acids is 1. The molecule has 0 aliphatic heterocycles. The van der Waals surface area contributed by atoms with Gasteiger partial charge in [0, 0.05) is 0 Å². The van der Waals surface area contributed by atoms with Crippen molar-refractivity contribution in [1.82, 2.24) is 5.32 Å². The second-order valence-corrected chi connectivity index (χ2v) is 1.71. The van der Waals surface area contributed by atoms with Gasteiger partial charge in [-0.1, -0.05) is 0 Å². The van der Waals surface area contributed by atoms with E-state index < -0.39 is 18.2 Å². The van der Waals surface area contributed by atoms with Gasteiger partial charge in [0.25, 0.3) is 0 Å². The number of carboxylic acid groups (broad SMARTS) is 1. The minimum atomic E-state index is -1.08. The molecule has 10 heavy (non-hydrogen) atoms. The molecule has 0 saturated carbocycles. The minimum absolute atomic E-state index is 0.330. The fraction of sp³-hybridized carbons (Fsp3) is 0.500. The molecule has 6 nitrogen and oxygen atoms in total. The van der Waals surface area contributed by atoms with Crippen LogP contribution < -0.4 is 16.8 Å². The van der Waals surface area contributed by atoms with Crippen molar-refractivity contribution < 1.29 is 14.7 Å². The molecule has 1 atom stereocenters. The average Bonchev–Trinajstić information content (AvgIpc) is 1.58. The number of amides is 2. The first-order chi connectivity index (χ1) is 4.52. The Kier molecular flexibility index (Phi) is 3.20. The van der Waals surface area contributed by atoms with Crippen molar-refractivity contribution in [2.75, 3.05) is 0 Å². The number of carbonyl (C=O) groups is 2. The molecule has 0 aromatic carbocycles. The van der Waals surface area contributed by atoms with Crippen LogP contribution in [0.2, 0.25) is 0 Å². The van der Waals surface area contributed by atoms with Gasteiger partial charge in [-0.2, -0.15) is 0 Å². The lowest BCUT2D eigenvalue weighted by Gasteiger charge is -2.07. The lowest BCUT2D eigenvalue weighted by Crippen LogP contribution is -2.45. The Hall–Kier alpha value is -1.30. The van der Waals surface area contributed by atoms with E-state index in [4.69, 9.17) is 10.8 Å². The van der Waals surface area contributed by atoms with E-state index in [-0.39, 0.29) is 6.42 Å². The quantitative estimate of drug-likeness (QED) is 0.360. The van der Waals surface area contributed by atoms with Crippen LogP contribution in [0.4, 0.5) is 4.79 Å². The van der Waals surface area contributed by atoms with E-state index in [2.05, 4.69) is 5.73 Å².